The second-order valence-corrected chi connectivity index (χ2v) is 5.94. The second kappa shape index (κ2) is 9.65. The van der Waals surface area contributed by atoms with Gasteiger partial charge in [0.2, 0.25) is 5.91 Å². The summed E-state index contributed by atoms with van der Waals surface area (Å²) in [5, 5.41) is 2.54. The van der Waals surface area contributed by atoms with Crippen LogP contribution in [0.5, 0.6) is 0 Å². The molecular weight excluding hydrogens is 338 g/mol. The number of nitrogens with one attached hydrogen (secondary N) is 1. The zero-order valence-corrected chi connectivity index (χ0v) is 15.1. The van der Waals surface area contributed by atoms with E-state index in [0.29, 0.717) is 32.8 Å². The van der Waals surface area contributed by atoms with Crippen LogP contribution in [-0.4, -0.2) is 66.7 Å². The van der Waals surface area contributed by atoms with Crippen molar-refractivity contribution in [2.75, 3.05) is 32.8 Å². The van der Waals surface area contributed by atoms with E-state index >= 15 is 0 Å². The summed E-state index contributed by atoms with van der Waals surface area (Å²) in [6, 6.07) is 8.60. The number of hydrogen-bond acceptors (Lipinski definition) is 5. The average Bonchev–Trinajstić information content (AvgIpc) is 2.67. The molecule has 0 radical (unpaired) electrons. The number of amides is 3. The molecular formula is C18H25N3O5. The first-order valence-electron chi connectivity index (χ1n) is 8.69. The highest BCUT2D eigenvalue weighted by molar-refractivity contribution is 5.85. The van der Waals surface area contributed by atoms with Gasteiger partial charge in [0.05, 0.1) is 6.61 Å². The topological polar surface area (TPSA) is 88.2 Å². The highest BCUT2D eigenvalue weighted by Gasteiger charge is 2.28. The van der Waals surface area contributed by atoms with Crippen molar-refractivity contribution in [3.05, 3.63) is 35.9 Å². The molecule has 1 heterocycles. The van der Waals surface area contributed by atoms with Crippen molar-refractivity contribution >= 4 is 18.1 Å². The number of ether oxygens (including phenoxy) is 2. The zero-order chi connectivity index (χ0) is 18.9. The lowest BCUT2D eigenvalue weighted by Gasteiger charge is -2.35. The Morgan fingerprint density at radius 3 is 2.27 bits per heavy atom. The first kappa shape index (κ1) is 19.6. The third-order valence-electron chi connectivity index (χ3n) is 4.03. The van der Waals surface area contributed by atoms with Gasteiger partial charge in [-0.05, 0) is 19.4 Å². The number of carbonyl (C=O) groups is 3. The van der Waals surface area contributed by atoms with Gasteiger partial charge in [0.15, 0.2) is 0 Å². The molecule has 26 heavy (non-hydrogen) atoms. The fraction of sp³-hybridized carbons (Fsp3) is 0.500. The Morgan fingerprint density at radius 2 is 1.65 bits per heavy atom. The maximum atomic E-state index is 12.4. The Labute approximate surface area is 153 Å². The van der Waals surface area contributed by atoms with Gasteiger partial charge in [-0.25, -0.2) is 9.59 Å². The Bertz CT molecular complexity index is 615. The largest absolute Gasteiger partial charge is 0.450 e. The molecule has 0 unspecified atom stereocenters. The normalized spacial score (nSPS) is 15.2. The summed E-state index contributed by atoms with van der Waals surface area (Å²) in [7, 11) is 0. The Kier molecular flexibility index (Phi) is 7.25. The molecule has 0 spiro atoms. The van der Waals surface area contributed by atoms with Crippen LogP contribution in [0.25, 0.3) is 0 Å². The van der Waals surface area contributed by atoms with E-state index in [0.717, 1.165) is 5.56 Å². The number of nitrogens with zero attached hydrogens (tertiary/aromatic N) is 2. The van der Waals surface area contributed by atoms with Crippen molar-refractivity contribution < 1.29 is 23.9 Å². The van der Waals surface area contributed by atoms with E-state index in [-0.39, 0.29) is 18.6 Å². The van der Waals surface area contributed by atoms with Crippen LogP contribution in [0.3, 0.4) is 0 Å². The van der Waals surface area contributed by atoms with E-state index in [2.05, 4.69) is 5.32 Å². The average molecular weight is 363 g/mol. The minimum absolute atomic E-state index is 0.145. The van der Waals surface area contributed by atoms with E-state index in [9.17, 15) is 14.4 Å². The van der Waals surface area contributed by atoms with Gasteiger partial charge < -0.3 is 24.6 Å². The molecule has 142 valence electrons. The van der Waals surface area contributed by atoms with Gasteiger partial charge in [0.25, 0.3) is 0 Å². The first-order valence-corrected chi connectivity index (χ1v) is 8.69. The molecule has 1 aliphatic heterocycles. The molecule has 1 aliphatic rings. The molecule has 3 amide bonds. The summed E-state index contributed by atoms with van der Waals surface area (Å²) in [5.74, 6) is -0.204. The Morgan fingerprint density at radius 1 is 1.04 bits per heavy atom. The number of benzene rings is 1. The van der Waals surface area contributed by atoms with E-state index in [4.69, 9.17) is 9.47 Å². The molecule has 1 fully saturated rings. The maximum absolute atomic E-state index is 12.4. The van der Waals surface area contributed by atoms with Crippen molar-refractivity contribution in [2.24, 2.45) is 0 Å². The fourth-order valence-corrected chi connectivity index (χ4v) is 2.60. The molecule has 1 aromatic carbocycles. The molecule has 8 nitrogen and oxygen atoms in total. The number of piperazine rings is 1. The van der Waals surface area contributed by atoms with Gasteiger partial charge in [-0.15, -0.1) is 0 Å². The number of alkyl carbamates (subject to hydrolysis) is 1. The zero-order valence-electron chi connectivity index (χ0n) is 15.1. The quantitative estimate of drug-likeness (QED) is 0.858. The lowest BCUT2D eigenvalue weighted by molar-refractivity contribution is -0.134. The van der Waals surface area contributed by atoms with E-state index in [1.807, 2.05) is 30.3 Å². The minimum Gasteiger partial charge on any atom is -0.450 e. The van der Waals surface area contributed by atoms with Crippen LogP contribution in [0.2, 0.25) is 0 Å². The van der Waals surface area contributed by atoms with Crippen LogP contribution < -0.4 is 5.32 Å². The second-order valence-electron chi connectivity index (χ2n) is 5.94. The summed E-state index contributed by atoms with van der Waals surface area (Å²) < 4.78 is 10.1. The van der Waals surface area contributed by atoms with Gasteiger partial charge >= 0.3 is 12.2 Å². The van der Waals surface area contributed by atoms with Crippen LogP contribution in [-0.2, 0) is 20.9 Å². The van der Waals surface area contributed by atoms with Crippen LogP contribution >= 0.6 is 0 Å². The molecule has 0 aromatic heterocycles. The highest BCUT2D eigenvalue weighted by Crippen LogP contribution is 2.06. The molecule has 1 N–H and O–H groups in total. The summed E-state index contributed by atoms with van der Waals surface area (Å²) in [6.45, 7) is 5.47. The number of rotatable bonds is 5. The van der Waals surface area contributed by atoms with Crippen molar-refractivity contribution in [1.29, 1.82) is 0 Å². The molecule has 0 bridgehead atoms. The van der Waals surface area contributed by atoms with Crippen molar-refractivity contribution in [3.63, 3.8) is 0 Å². The first-order chi connectivity index (χ1) is 12.5. The van der Waals surface area contributed by atoms with Gasteiger partial charge in [0.1, 0.15) is 12.6 Å². The molecule has 0 saturated carbocycles. The third-order valence-corrected chi connectivity index (χ3v) is 4.03. The number of hydrogen-bond donors (Lipinski definition) is 1. The van der Waals surface area contributed by atoms with Crippen molar-refractivity contribution in [2.45, 2.75) is 26.5 Å². The third kappa shape index (κ3) is 5.65. The van der Waals surface area contributed by atoms with Crippen LogP contribution in [0.4, 0.5) is 9.59 Å². The maximum Gasteiger partial charge on any atom is 0.409 e. The standard InChI is InChI=1S/C18H25N3O5/c1-3-25-18(24)21-11-9-20(10-12-21)16(22)14(2)19-17(23)26-13-15-7-5-4-6-8-15/h4-8,14H,3,9-13H2,1-2H3,(H,19,23)/t14-/m1/s1. The van der Waals surface area contributed by atoms with Crippen molar-refractivity contribution in [3.8, 4) is 0 Å². The van der Waals surface area contributed by atoms with Crippen molar-refractivity contribution in [1.82, 2.24) is 15.1 Å². The Balaban J connectivity index is 1.73. The molecule has 0 aliphatic carbocycles. The predicted octanol–water partition coefficient (Wildman–Crippen LogP) is 1.60. The summed E-state index contributed by atoms with van der Waals surface area (Å²) >= 11 is 0. The predicted molar refractivity (Wildman–Crippen MR) is 94.4 cm³/mol. The van der Waals surface area contributed by atoms with Crippen LogP contribution in [0.1, 0.15) is 19.4 Å². The SMILES string of the molecule is CCOC(=O)N1CCN(C(=O)[C@@H](C)NC(=O)OCc2ccccc2)CC1. The monoisotopic (exact) mass is 363 g/mol. The summed E-state index contributed by atoms with van der Waals surface area (Å²) in [4.78, 5) is 39.1. The number of carbonyl (C=O) groups excluding carboxylic acids is 3. The summed E-state index contributed by atoms with van der Waals surface area (Å²) in [6.07, 6.45) is -1.00. The smallest absolute Gasteiger partial charge is 0.409 e. The van der Waals surface area contributed by atoms with Gasteiger partial charge in [-0.3, -0.25) is 4.79 Å². The van der Waals surface area contributed by atoms with Crippen LogP contribution in [0, 0.1) is 0 Å². The van der Waals surface area contributed by atoms with Gasteiger partial charge in [-0.1, -0.05) is 30.3 Å². The minimum atomic E-state index is -0.701. The lowest BCUT2D eigenvalue weighted by Crippen LogP contribution is -2.55. The van der Waals surface area contributed by atoms with E-state index in [1.165, 1.54) is 0 Å². The molecule has 1 saturated heterocycles. The summed E-state index contributed by atoms with van der Waals surface area (Å²) in [5.41, 5.74) is 0.872. The molecule has 1 aromatic rings. The lowest BCUT2D eigenvalue weighted by atomic mass is 10.2. The van der Waals surface area contributed by atoms with Gasteiger partial charge in [0, 0.05) is 26.2 Å². The highest BCUT2D eigenvalue weighted by atomic mass is 16.6. The molecule has 1 atom stereocenters. The molecule has 2 rings (SSSR count). The van der Waals surface area contributed by atoms with E-state index < -0.39 is 12.1 Å². The van der Waals surface area contributed by atoms with Crippen LogP contribution in [0.15, 0.2) is 30.3 Å². The van der Waals surface area contributed by atoms with E-state index in [1.54, 1.807) is 23.6 Å². The van der Waals surface area contributed by atoms with Gasteiger partial charge in [-0.2, -0.15) is 0 Å². The molecule has 8 heteroatoms. The fourth-order valence-electron chi connectivity index (χ4n) is 2.60. The Hall–Kier alpha value is -2.77.